The molecule has 0 spiro atoms. The minimum Gasteiger partial charge on any atom is -0.494 e. The third-order valence-corrected chi connectivity index (χ3v) is 4.91. The van der Waals surface area contributed by atoms with Gasteiger partial charge in [-0.25, -0.2) is 5.43 Å². The first-order chi connectivity index (χ1) is 15.5. The molecule has 0 radical (unpaired) electrons. The number of amides is 2. The number of ether oxygens (including phenoxy) is 3. The van der Waals surface area contributed by atoms with Crippen LogP contribution >= 0.6 is 0 Å². The molecule has 1 aliphatic rings. The Kier molecular flexibility index (Phi) is 8.08. The van der Waals surface area contributed by atoms with Gasteiger partial charge >= 0.3 is 0 Å². The number of rotatable bonds is 10. The van der Waals surface area contributed by atoms with Gasteiger partial charge in [-0.1, -0.05) is 27.2 Å². The van der Waals surface area contributed by atoms with E-state index in [-0.39, 0.29) is 18.6 Å². The number of benzene rings is 2. The van der Waals surface area contributed by atoms with Crippen LogP contribution in [0.3, 0.4) is 0 Å². The summed E-state index contributed by atoms with van der Waals surface area (Å²) in [7, 11) is 0. The molecule has 0 aromatic heterocycles. The van der Waals surface area contributed by atoms with Crippen molar-refractivity contribution in [1.29, 1.82) is 0 Å². The Morgan fingerprint density at radius 1 is 1.12 bits per heavy atom. The van der Waals surface area contributed by atoms with Crippen LogP contribution < -0.4 is 25.0 Å². The van der Waals surface area contributed by atoms with Crippen molar-refractivity contribution in [2.45, 2.75) is 39.7 Å². The van der Waals surface area contributed by atoms with E-state index in [1.165, 1.54) is 0 Å². The highest BCUT2D eigenvalue weighted by molar-refractivity contribution is 5.98. The summed E-state index contributed by atoms with van der Waals surface area (Å²) < 4.78 is 16.2. The van der Waals surface area contributed by atoms with Gasteiger partial charge in [-0.3, -0.25) is 9.59 Å². The molecule has 2 aromatic carbocycles. The van der Waals surface area contributed by atoms with Crippen LogP contribution in [0.4, 0.5) is 0 Å². The van der Waals surface area contributed by atoms with Gasteiger partial charge in [0.05, 0.1) is 12.8 Å². The van der Waals surface area contributed by atoms with Crippen LogP contribution in [0.15, 0.2) is 47.6 Å². The van der Waals surface area contributed by atoms with Crippen LogP contribution in [0, 0.1) is 5.92 Å². The average molecular weight is 440 g/mol. The molecule has 3 rings (SSSR count). The van der Waals surface area contributed by atoms with E-state index >= 15 is 0 Å². The monoisotopic (exact) mass is 439 g/mol. The molecule has 170 valence electrons. The van der Waals surface area contributed by atoms with Crippen molar-refractivity contribution in [3.05, 3.63) is 53.6 Å². The smallest absolute Gasteiger partial charge is 0.262 e. The first-order valence-corrected chi connectivity index (χ1v) is 10.7. The normalized spacial score (nSPS) is 13.2. The summed E-state index contributed by atoms with van der Waals surface area (Å²) in [6, 6.07) is 11.6. The standard InChI is InChI=1S/C24H29N3O5/c1-4-5-12-30-19-9-6-17(7-10-19)14-25-27-24(29)22(16(2)3)26-23(28)18-8-11-20-21(13-18)32-15-31-20/h6-11,13-14,16,22H,4-5,12,15H2,1-3H3,(H,26,28)(H,27,29)/b25-14+. The minimum absolute atomic E-state index is 0.129. The summed E-state index contributed by atoms with van der Waals surface area (Å²) >= 11 is 0. The first-order valence-electron chi connectivity index (χ1n) is 10.7. The average Bonchev–Trinajstić information content (AvgIpc) is 3.26. The molecule has 1 aliphatic heterocycles. The van der Waals surface area contributed by atoms with Crippen LogP contribution in [0.5, 0.6) is 17.2 Å². The molecule has 8 nitrogen and oxygen atoms in total. The van der Waals surface area contributed by atoms with Crippen molar-refractivity contribution in [2.75, 3.05) is 13.4 Å². The molecule has 1 atom stereocenters. The van der Waals surface area contributed by atoms with Gasteiger partial charge in [-0.05, 0) is 60.4 Å². The van der Waals surface area contributed by atoms with E-state index < -0.39 is 11.9 Å². The minimum atomic E-state index is -0.751. The van der Waals surface area contributed by atoms with Crippen molar-refractivity contribution < 1.29 is 23.8 Å². The number of nitrogens with zero attached hydrogens (tertiary/aromatic N) is 1. The zero-order valence-electron chi connectivity index (χ0n) is 18.6. The van der Waals surface area contributed by atoms with E-state index in [0.717, 1.165) is 24.2 Å². The highest BCUT2D eigenvalue weighted by atomic mass is 16.7. The summed E-state index contributed by atoms with van der Waals surface area (Å²) in [5.41, 5.74) is 3.71. The van der Waals surface area contributed by atoms with E-state index in [2.05, 4.69) is 22.8 Å². The molecule has 2 N–H and O–H groups in total. The number of hydrogen-bond donors (Lipinski definition) is 2. The van der Waals surface area contributed by atoms with Crippen LogP contribution in [0.1, 0.15) is 49.5 Å². The Morgan fingerprint density at radius 2 is 1.88 bits per heavy atom. The SMILES string of the molecule is CCCCOc1ccc(/C=N/NC(=O)C(NC(=O)c2ccc3c(c2)OCO3)C(C)C)cc1. The molecule has 8 heteroatoms. The molecule has 0 bridgehead atoms. The van der Waals surface area contributed by atoms with Crippen molar-refractivity contribution in [3.8, 4) is 17.2 Å². The molecule has 0 saturated carbocycles. The summed E-state index contributed by atoms with van der Waals surface area (Å²) in [5.74, 6) is 0.988. The molecule has 0 aliphatic carbocycles. The van der Waals surface area contributed by atoms with Crippen LogP contribution in [0.25, 0.3) is 0 Å². The van der Waals surface area contributed by atoms with Gasteiger partial charge in [-0.2, -0.15) is 5.10 Å². The Balaban J connectivity index is 1.55. The zero-order chi connectivity index (χ0) is 22.9. The lowest BCUT2D eigenvalue weighted by Gasteiger charge is -2.20. The van der Waals surface area contributed by atoms with E-state index in [0.29, 0.717) is 23.7 Å². The number of fused-ring (bicyclic) bond motifs is 1. The van der Waals surface area contributed by atoms with Crippen LogP contribution in [-0.4, -0.2) is 37.5 Å². The third-order valence-electron chi connectivity index (χ3n) is 4.91. The van der Waals surface area contributed by atoms with Gasteiger partial charge in [0.2, 0.25) is 6.79 Å². The van der Waals surface area contributed by atoms with Gasteiger partial charge in [0.1, 0.15) is 11.8 Å². The fourth-order valence-electron chi connectivity index (χ4n) is 3.02. The molecule has 1 unspecified atom stereocenters. The topological polar surface area (TPSA) is 98.2 Å². The van der Waals surface area contributed by atoms with Crippen LogP contribution in [-0.2, 0) is 4.79 Å². The quantitative estimate of drug-likeness (QED) is 0.335. The van der Waals surface area contributed by atoms with Crippen molar-refractivity contribution in [1.82, 2.24) is 10.7 Å². The highest BCUT2D eigenvalue weighted by Crippen LogP contribution is 2.32. The fourth-order valence-corrected chi connectivity index (χ4v) is 3.02. The lowest BCUT2D eigenvalue weighted by atomic mass is 10.0. The summed E-state index contributed by atoms with van der Waals surface area (Å²) in [6.07, 6.45) is 3.64. The van der Waals surface area contributed by atoms with Crippen molar-refractivity contribution >= 4 is 18.0 Å². The molecule has 2 aromatic rings. The molecule has 1 heterocycles. The third kappa shape index (κ3) is 6.23. The summed E-state index contributed by atoms with van der Waals surface area (Å²) in [4.78, 5) is 25.3. The van der Waals surface area contributed by atoms with Crippen LogP contribution in [0.2, 0.25) is 0 Å². The largest absolute Gasteiger partial charge is 0.494 e. The van der Waals surface area contributed by atoms with Gasteiger partial charge in [0, 0.05) is 5.56 Å². The second-order valence-corrected chi connectivity index (χ2v) is 7.77. The van der Waals surface area contributed by atoms with Crippen molar-refractivity contribution in [3.63, 3.8) is 0 Å². The second kappa shape index (κ2) is 11.2. The van der Waals surface area contributed by atoms with Crippen molar-refractivity contribution in [2.24, 2.45) is 11.0 Å². The molecule has 32 heavy (non-hydrogen) atoms. The number of unbranched alkanes of at least 4 members (excludes halogenated alkanes) is 1. The van der Waals surface area contributed by atoms with E-state index in [1.54, 1.807) is 24.4 Å². The first kappa shape index (κ1) is 23.1. The summed E-state index contributed by atoms with van der Waals surface area (Å²) in [5, 5.41) is 6.79. The fraction of sp³-hybridized carbons (Fsp3) is 0.375. The van der Waals surface area contributed by atoms with Gasteiger partial charge in [-0.15, -0.1) is 0 Å². The Labute approximate surface area is 187 Å². The number of hydrogen-bond acceptors (Lipinski definition) is 6. The highest BCUT2D eigenvalue weighted by Gasteiger charge is 2.25. The second-order valence-electron chi connectivity index (χ2n) is 7.77. The molecule has 0 saturated heterocycles. The van der Waals surface area contributed by atoms with Gasteiger partial charge in [0.15, 0.2) is 11.5 Å². The Hall–Kier alpha value is -3.55. The molecule has 0 fully saturated rings. The predicted octanol–water partition coefficient (Wildman–Crippen LogP) is 3.50. The number of hydrazone groups is 1. The Bertz CT molecular complexity index is 957. The zero-order valence-corrected chi connectivity index (χ0v) is 18.6. The maximum absolute atomic E-state index is 12.6. The molecule has 2 amide bonds. The maximum Gasteiger partial charge on any atom is 0.262 e. The maximum atomic E-state index is 12.6. The summed E-state index contributed by atoms with van der Waals surface area (Å²) in [6.45, 7) is 6.64. The van der Waals surface area contributed by atoms with Gasteiger partial charge < -0.3 is 19.5 Å². The lowest BCUT2D eigenvalue weighted by Crippen LogP contribution is -2.48. The molecular weight excluding hydrogens is 410 g/mol. The lowest BCUT2D eigenvalue weighted by molar-refractivity contribution is -0.123. The molecular formula is C24H29N3O5. The van der Waals surface area contributed by atoms with E-state index in [9.17, 15) is 9.59 Å². The number of nitrogens with one attached hydrogen (secondary N) is 2. The van der Waals surface area contributed by atoms with Gasteiger partial charge in [0.25, 0.3) is 11.8 Å². The van der Waals surface area contributed by atoms with E-state index in [1.807, 2.05) is 38.1 Å². The number of carbonyl (C=O) groups excluding carboxylic acids is 2. The number of carbonyl (C=O) groups is 2. The Morgan fingerprint density at radius 3 is 2.59 bits per heavy atom. The predicted molar refractivity (Wildman–Crippen MR) is 121 cm³/mol. The van der Waals surface area contributed by atoms with E-state index in [4.69, 9.17) is 14.2 Å².